The SMILES string of the molecule is CCCCC/C=C\C/C=C\C/C=C\C/C=C\CCCC(=O)O[C@H](COC(=O)CCCCCCCCC/C=C\CCCCCC)COC(=O)CCCCCCCCCCCCCCCCCCC. The van der Waals surface area contributed by atoms with Crippen molar-refractivity contribution in [3.63, 3.8) is 0 Å². The molecule has 0 saturated heterocycles. The molecule has 0 heterocycles. The zero-order chi connectivity index (χ0) is 48.6. The molecule has 0 radical (unpaired) electrons. The fourth-order valence-corrected chi connectivity index (χ4v) is 8.14. The number of allylic oxidation sites excluding steroid dienone is 10. The lowest BCUT2D eigenvalue weighted by Crippen LogP contribution is -2.30. The zero-order valence-electron chi connectivity index (χ0n) is 44.4. The second-order valence-corrected chi connectivity index (χ2v) is 19.2. The van der Waals surface area contributed by atoms with Gasteiger partial charge in [-0.15, -0.1) is 0 Å². The van der Waals surface area contributed by atoms with Crippen LogP contribution in [0.3, 0.4) is 0 Å². The number of ether oxygens (including phenoxy) is 3. The van der Waals surface area contributed by atoms with Crippen molar-refractivity contribution in [3.8, 4) is 0 Å². The van der Waals surface area contributed by atoms with E-state index in [0.29, 0.717) is 19.3 Å². The Morgan fingerprint density at radius 1 is 0.299 bits per heavy atom. The molecule has 6 heteroatoms. The summed E-state index contributed by atoms with van der Waals surface area (Å²) in [5.74, 6) is -0.944. The van der Waals surface area contributed by atoms with Gasteiger partial charge in [-0.3, -0.25) is 14.4 Å². The van der Waals surface area contributed by atoms with Crippen molar-refractivity contribution in [1.29, 1.82) is 0 Å². The number of hydrogen-bond donors (Lipinski definition) is 0. The van der Waals surface area contributed by atoms with E-state index in [2.05, 4.69) is 81.5 Å². The fraction of sp³-hybridized carbons (Fsp3) is 0.787. The highest BCUT2D eigenvalue weighted by Crippen LogP contribution is 2.16. The first kappa shape index (κ1) is 64.1. The molecule has 0 amide bonds. The van der Waals surface area contributed by atoms with Crippen molar-refractivity contribution in [2.24, 2.45) is 0 Å². The van der Waals surface area contributed by atoms with Crippen molar-refractivity contribution < 1.29 is 28.6 Å². The van der Waals surface area contributed by atoms with Crippen molar-refractivity contribution >= 4 is 17.9 Å². The summed E-state index contributed by atoms with van der Waals surface area (Å²) < 4.78 is 16.8. The van der Waals surface area contributed by atoms with Crippen LogP contribution in [0, 0.1) is 0 Å². The molecule has 67 heavy (non-hydrogen) atoms. The lowest BCUT2D eigenvalue weighted by molar-refractivity contribution is -0.167. The summed E-state index contributed by atoms with van der Waals surface area (Å²) in [6.45, 7) is 6.58. The van der Waals surface area contributed by atoms with Gasteiger partial charge in [-0.25, -0.2) is 0 Å². The Morgan fingerprint density at radius 2 is 0.552 bits per heavy atom. The molecule has 0 aliphatic heterocycles. The summed E-state index contributed by atoms with van der Waals surface area (Å²) in [5, 5.41) is 0. The quantitative estimate of drug-likeness (QED) is 0.0262. The summed E-state index contributed by atoms with van der Waals surface area (Å²) in [7, 11) is 0. The Kier molecular flexibility index (Phi) is 53.3. The van der Waals surface area contributed by atoms with Gasteiger partial charge in [0.1, 0.15) is 13.2 Å². The van der Waals surface area contributed by atoms with Crippen molar-refractivity contribution in [2.75, 3.05) is 13.2 Å². The third-order valence-electron chi connectivity index (χ3n) is 12.5. The Morgan fingerprint density at radius 3 is 0.940 bits per heavy atom. The molecule has 0 bridgehead atoms. The van der Waals surface area contributed by atoms with Crippen LogP contribution in [0.4, 0.5) is 0 Å². The molecule has 0 N–H and O–H groups in total. The molecule has 0 aliphatic rings. The maximum Gasteiger partial charge on any atom is 0.306 e. The predicted molar refractivity (Wildman–Crippen MR) is 288 cm³/mol. The molecule has 388 valence electrons. The maximum absolute atomic E-state index is 12.8. The van der Waals surface area contributed by atoms with E-state index in [0.717, 1.165) is 64.2 Å². The smallest absolute Gasteiger partial charge is 0.306 e. The lowest BCUT2D eigenvalue weighted by atomic mass is 10.0. The van der Waals surface area contributed by atoms with Crippen LogP contribution in [0.5, 0.6) is 0 Å². The minimum absolute atomic E-state index is 0.0945. The summed E-state index contributed by atoms with van der Waals surface area (Å²) in [4.78, 5) is 38.1. The van der Waals surface area contributed by atoms with Crippen LogP contribution in [-0.2, 0) is 28.6 Å². The van der Waals surface area contributed by atoms with Gasteiger partial charge in [0.05, 0.1) is 0 Å². The van der Waals surface area contributed by atoms with Crippen molar-refractivity contribution in [3.05, 3.63) is 60.8 Å². The maximum atomic E-state index is 12.8. The molecule has 0 unspecified atom stereocenters. The van der Waals surface area contributed by atoms with E-state index < -0.39 is 6.10 Å². The molecule has 0 aromatic rings. The van der Waals surface area contributed by atoms with Crippen molar-refractivity contribution in [2.45, 2.75) is 297 Å². The van der Waals surface area contributed by atoms with Gasteiger partial charge in [0.25, 0.3) is 0 Å². The third-order valence-corrected chi connectivity index (χ3v) is 12.5. The van der Waals surface area contributed by atoms with Gasteiger partial charge in [-0.1, -0.05) is 248 Å². The first-order valence-corrected chi connectivity index (χ1v) is 28.8. The van der Waals surface area contributed by atoms with Crippen LogP contribution >= 0.6 is 0 Å². The molecule has 0 fully saturated rings. The molecule has 0 aromatic heterocycles. The van der Waals surface area contributed by atoms with Crippen LogP contribution in [0.2, 0.25) is 0 Å². The monoisotopic (exact) mass is 937 g/mol. The molecule has 0 aliphatic carbocycles. The van der Waals surface area contributed by atoms with Crippen LogP contribution in [0.25, 0.3) is 0 Å². The molecular formula is C61H108O6. The Labute approximate surface area is 415 Å². The van der Waals surface area contributed by atoms with E-state index in [1.807, 2.05) is 0 Å². The minimum Gasteiger partial charge on any atom is -0.462 e. The molecule has 0 saturated carbocycles. The Bertz CT molecular complexity index is 1210. The molecule has 0 aromatic carbocycles. The number of hydrogen-bond acceptors (Lipinski definition) is 6. The van der Waals surface area contributed by atoms with Crippen molar-refractivity contribution in [1.82, 2.24) is 0 Å². The number of carbonyl (C=O) groups excluding carboxylic acids is 3. The van der Waals surface area contributed by atoms with E-state index in [1.165, 1.54) is 180 Å². The number of carbonyl (C=O) groups is 3. The average Bonchev–Trinajstić information content (AvgIpc) is 3.33. The minimum atomic E-state index is -0.802. The highest BCUT2D eigenvalue weighted by molar-refractivity contribution is 5.71. The topological polar surface area (TPSA) is 78.9 Å². The summed E-state index contributed by atoms with van der Waals surface area (Å²) in [6, 6.07) is 0. The molecule has 6 nitrogen and oxygen atoms in total. The highest BCUT2D eigenvalue weighted by Gasteiger charge is 2.19. The van der Waals surface area contributed by atoms with Crippen LogP contribution in [-0.4, -0.2) is 37.2 Å². The number of unbranched alkanes of at least 4 members (excludes halogenated alkanes) is 31. The zero-order valence-corrected chi connectivity index (χ0v) is 44.4. The van der Waals surface area contributed by atoms with Gasteiger partial charge < -0.3 is 14.2 Å². The van der Waals surface area contributed by atoms with E-state index in [4.69, 9.17) is 14.2 Å². The predicted octanol–water partition coefficient (Wildman–Crippen LogP) is 19.2. The van der Waals surface area contributed by atoms with E-state index in [-0.39, 0.29) is 37.5 Å². The summed E-state index contributed by atoms with van der Waals surface area (Å²) in [5.41, 5.74) is 0. The van der Waals surface area contributed by atoms with Gasteiger partial charge in [0.15, 0.2) is 6.10 Å². The number of rotatable bonds is 52. The highest BCUT2D eigenvalue weighted by atomic mass is 16.6. The lowest BCUT2D eigenvalue weighted by Gasteiger charge is -2.18. The Hall–Kier alpha value is -2.89. The average molecular weight is 938 g/mol. The van der Waals surface area contributed by atoms with Gasteiger partial charge in [0.2, 0.25) is 0 Å². The first-order chi connectivity index (χ1) is 33.0. The normalized spacial score (nSPS) is 12.5. The van der Waals surface area contributed by atoms with Gasteiger partial charge >= 0.3 is 17.9 Å². The summed E-state index contributed by atoms with van der Waals surface area (Å²) >= 11 is 0. The van der Waals surface area contributed by atoms with E-state index in [9.17, 15) is 14.4 Å². The number of esters is 3. The largest absolute Gasteiger partial charge is 0.462 e. The van der Waals surface area contributed by atoms with E-state index in [1.54, 1.807) is 0 Å². The molecule has 1 atom stereocenters. The fourth-order valence-electron chi connectivity index (χ4n) is 8.14. The van der Waals surface area contributed by atoms with Gasteiger partial charge in [-0.2, -0.15) is 0 Å². The summed E-state index contributed by atoms with van der Waals surface area (Å²) in [6.07, 6.45) is 69.3. The third kappa shape index (κ3) is 53.9. The van der Waals surface area contributed by atoms with Gasteiger partial charge in [0, 0.05) is 19.3 Å². The molecule has 0 rings (SSSR count). The second kappa shape index (κ2) is 55.7. The van der Waals surface area contributed by atoms with Gasteiger partial charge in [-0.05, 0) is 83.5 Å². The first-order valence-electron chi connectivity index (χ1n) is 28.8. The van der Waals surface area contributed by atoms with E-state index >= 15 is 0 Å². The van der Waals surface area contributed by atoms with Crippen LogP contribution in [0.15, 0.2) is 60.8 Å². The second-order valence-electron chi connectivity index (χ2n) is 19.2. The van der Waals surface area contributed by atoms with Crippen LogP contribution in [0.1, 0.15) is 290 Å². The standard InChI is InChI=1S/C61H108O6/c1-4-7-10-13-16-19-22-25-28-30-33-36-39-42-45-48-51-54-60(63)66-57-58(56-65-59(62)53-50-47-44-41-38-35-32-27-24-21-18-15-12-9-6-3)67-61(64)55-52-49-46-43-40-37-34-31-29-26-23-20-17-14-11-8-5-2/h17,20-21,24,26,29,34,37,43,46,58H,4-16,18-19,22-23,25,27-28,30-33,35-36,38-42,44-45,47-57H2,1-3H3/b20-17-,24-21-,29-26-,37-34-,46-43-/t58-/m1/s1. The van der Waals surface area contributed by atoms with Crippen LogP contribution < -0.4 is 0 Å². The Balaban J connectivity index is 4.44. The molecule has 0 spiro atoms. The molecular weight excluding hydrogens is 829 g/mol.